The smallest absolute Gasteiger partial charge is 0.435 e. The third kappa shape index (κ3) is 3.69. The van der Waals surface area contributed by atoms with E-state index >= 15 is 0 Å². The number of hydrogen-bond donors (Lipinski definition) is 0. The summed E-state index contributed by atoms with van der Waals surface area (Å²) in [6.45, 7) is 3.69. The second-order valence-electron chi connectivity index (χ2n) is 5.67. The Kier molecular flexibility index (Phi) is 3.98. The summed E-state index contributed by atoms with van der Waals surface area (Å²) in [5, 5.41) is 3.40. The molecule has 1 aliphatic rings. The van der Waals surface area contributed by atoms with Crippen molar-refractivity contribution in [2.75, 3.05) is 0 Å². The van der Waals surface area contributed by atoms with Crippen molar-refractivity contribution in [3.05, 3.63) is 40.8 Å². The van der Waals surface area contributed by atoms with Crippen LogP contribution >= 0.6 is 0 Å². The fourth-order valence-corrected chi connectivity index (χ4v) is 2.14. The van der Waals surface area contributed by atoms with Gasteiger partial charge in [-0.05, 0) is 37.8 Å². The number of halogens is 3. The Morgan fingerprint density at radius 3 is 2.42 bits per heavy atom. The minimum Gasteiger partial charge on any atom is -0.444 e. The normalized spacial score (nSPS) is 13.8. The number of alkyl halides is 3. The van der Waals surface area contributed by atoms with Crippen molar-refractivity contribution in [1.29, 1.82) is 0 Å². The summed E-state index contributed by atoms with van der Waals surface area (Å²) in [6, 6.07) is 4.19. The van der Waals surface area contributed by atoms with E-state index in [1.54, 1.807) is 12.1 Å². The van der Waals surface area contributed by atoms with Crippen LogP contribution in [0.5, 0.6) is 17.6 Å². The van der Waals surface area contributed by atoms with Crippen molar-refractivity contribution in [3.8, 4) is 17.6 Å². The van der Waals surface area contributed by atoms with Crippen LogP contribution in [-0.2, 0) is 13.2 Å². The van der Waals surface area contributed by atoms with Gasteiger partial charge in [0.25, 0.3) is 0 Å². The monoisotopic (exact) mass is 339 g/mol. The third-order valence-electron chi connectivity index (χ3n) is 3.51. The minimum atomic E-state index is -4.53. The van der Waals surface area contributed by atoms with Crippen molar-refractivity contribution >= 4 is 0 Å². The second-order valence-corrected chi connectivity index (χ2v) is 5.67. The first-order valence-electron chi connectivity index (χ1n) is 7.36. The molecule has 3 rings (SSSR count). The molecule has 1 fully saturated rings. The van der Waals surface area contributed by atoms with E-state index in [1.165, 1.54) is 12.6 Å². The summed E-state index contributed by atoms with van der Waals surface area (Å²) in [5.41, 5.74) is 1.04. The zero-order valence-corrected chi connectivity index (χ0v) is 13.4. The van der Waals surface area contributed by atoms with E-state index in [0.29, 0.717) is 5.88 Å². The van der Waals surface area contributed by atoms with E-state index < -0.39 is 11.9 Å². The van der Waals surface area contributed by atoms with E-state index in [4.69, 9.17) is 9.47 Å². The molecule has 1 saturated carbocycles. The molecular formula is C16H16F3N3O2. The number of nitrogens with zero attached hydrogens (tertiary/aromatic N) is 3. The average molecular weight is 339 g/mol. The van der Waals surface area contributed by atoms with Crippen LogP contribution in [0.25, 0.3) is 0 Å². The van der Waals surface area contributed by atoms with Crippen molar-refractivity contribution in [1.82, 2.24) is 14.8 Å². The van der Waals surface area contributed by atoms with Crippen LogP contribution in [0.15, 0.2) is 29.5 Å². The maximum atomic E-state index is 12.7. The molecule has 2 heterocycles. The van der Waals surface area contributed by atoms with Crippen LogP contribution in [0, 0.1) is 6.92 Å². The lowest BCUT2D eigenvalue weighted by Crippen LogP contribution is -2.06. The van der Waals surface area contributed by atoms with Crippen LogP contribution in [0.1, 0.15) is 31.0 Å². The Morgan fingerprint density at radius 2 is 1.83 bits per heavy atom. The molecule has 8 heteroatoms. The van der Waals surface area contributed by atoms with Gasteiger partial charge >= 0.3 is 6.18 Å². The number of ether oxygens (including phenoxy) is 2. The lowest BCUT2D eigenvalue weighted by atomic mass is 10.3. The Labute approximate surface area is 136 Å². The van der Waals surface area contributed by atoms with Crippen LogP contribution in [-0.4, -0.2) is 14.8 Å². The standard InChI is InChI=1S/C16H16F3N3O2/c1-9-6-13(23-10(2)11-4-5-11)20-14(7-9)24-15-8-12(16(17,18)19)21-22(15)3/h6-8H,4-5H2,1-3H3. The summed E-state index contributed by atoms with van der Waals surface area (Å²) < 4.78 is 50.3. The predicted molar refractivity (Wildman–Crippen MR) is 79.8 cm³/mol. The minimum absolute atomic E-state index is 0.0522. The quantitative estimate of drug-likeness (QED) is 0.776. The van der Waals surface area contributed by atoms with Gasteiger partial charge in [0.05, 0.1) is 0 Å². The molecule has 0 N–H and O–H groups in total. The average Bonchev–Trinajstić information content (AvgIpc) is 3.23. The fourth-order valence-electron chi connectivity index (χ4n) is 2.14. The summed E-state index contributed by atoms with van der Waals surface area (Å²) in [7, 11) is 1.37. The number of aryl methyl sites for hydroxylation is 2. The zero-order valence-electron chi connectivity index (χ0n) is 13.4. The predicted octanol–water partition coefficient (Wildman–Crippen LogP) is 4.38. The van der Waals surface area contributed by atoms with Crippen molar-refractivity contribution < 1.29 is 22.6 Å². The van der Waals surface area contributed by atoms with Crippen molar-refractivity contribution in [2.45, 2.75) is 32.9 Å². The van der Waals surface area contributed by atoms with Gasteiger partial charge < -0.3 is 9.47 Å². The topological polar surface area (TPSA) is 49.2 Å². The number of pyridine rings is 1. The van der Waals surface area contributed by atoms with Gasteiger partial charge in [-0.25, -0.2) is 4.68 Å². The number of aromatic nitrogens is 3. The SMILES string of the molecule is CC(Oc1cc(C)cc(Oc2cc(C(F)(F)F)nn2C)n1)=C1CC1. The molecular weight excluding hydrogens is 323 g/mol. The molecule has 0 atom stereocenters. The van der Waals surface area contributed by atoms with Gasteiger partial charge in [0.1, 0.15) is 5.76 Å². The highest BCUT2D eigenvalue weighted by Crippen LogP contribution is 2.34. The zero-order chi connectivity index (χ0) is 17.5. The van der Waals surface area contributed by atoms with E-state index in [2.05, 4.69) is 10.1 Å². The van der Waals surface area contributed by atoms with Crippen molar-refractivity contribution in [3.63, 3.8) is 0 Å². The van der Waals surface area contributed by atoms with Crippen molar-refractivity contribution in [2.24, 2.45) is 7.05 Å². The van der Waals surface area contributed by atoms with Gasteiger partial charge in [0.15, 0.2) is 5.69 Å². The van der Waals surface area contributed by atoms with Gasteiger partial charge in [0, 0.05) is 25.2 Å². The molecule has 0 bridgehead atoms. The molecule has 1 aliphatic carbocycles. The Balaban J connectivity index is 1.84. The molecule has 2 aromatic rings. The highest BCUT2D eigenvalue weighted by molar-refractivity contribution is 5.32. The highest BCUT2D eigenvalue weighted by Gasteiger charge is 2.35. The molecule has 0 saturated heterocycles. The third-order valence-corrected chi connectivity index (χ3v) is 3.51. The summed E-state index contributed by atoms with van der Waals surface area (Å²) in [5.74, 6) is 1.25. The molecule has 0 unspecified atom stereocenters. The molecule has 0 spiro atoms. The Morgan fingerprint density at radius 1 is 1.17 bits per heavy atom. The first-order chi connectivity index (χ1) is 11.2. The van der Waals surface area contributed by atoms with Gasteiger partial charge in [-0.1, -0.05) is 0 Å². The first kappa shape index (κ1) is 16.4. The fraction of sp³-hybridized carbons (Fsp3) is 0.375. The molecule has 0 aliphatic heterocycles. The van der Waals surface area contributed by atoms with Gasteiger partial charge in [-0.2, -0.15) is 23.3 Å². The molecule has 24 heavy (non-hydrogen) atoms. The number of allylic oxidation sites excluding steroid dienone is 2. The van der Waals surface area contributed by atoms with E-state index in [0.717, 1.165) is 34.9 Å². The van der Waals surface area contributed by atoms with E-state index in [1.807, 2.05) is 13.8 Å². The lowest BCUT2D eigenvalue weighted by Gasteiger charge is -2.09. The number of rotatable bonds is 4. The van der Waals surface area contributed by atoms with Crippen LogP contribution in [0.4, 0.5) is 13.2 Å². The highest BCUT2D eigenvalue weighted by atomic mass is 19.4. The molecule has 0 radical (unpaired) electrons. The maximum Gasteiger partial charge on any atom is 0.435 e. The molecule has 2 aromatic heterocycles. The summed E-state index contributed by atoms with van der Waals surface area (Å²) in [6.07, 6.45) is -2.48. The van der Waals surface area contributed by atoms with Gasteiger partial charge in [-0.3, -0.25) is 0 Å². The van der Waals surface area contributed by atoms with Crippen LogP contribution in [0.2, 0.25) is 0 Å². The maximum absolute atomic E-state index is 12.7. The van der Waals surface area contributed by atoms with E-state index in [-0.39, 0.29) is 11.8 Å². The Bertz CT molecular complexity index is 803. The van der Waals surface area contributed by atoms with E-state index in [9.17, 15) is 13.2 Å². The molecule has 0 aromatic carbocycles. The van der Waals surface area contributed by atoms with Crippen LogP contribution in [0.3, 0.4) is 0 Å². The molecule has 128 valence electrons. The first-order valence-corrected chi connectivity index (χ1v) is 7.36. The second kappa shape index (κ2) is 5.85. The lowest BCUT2D eigenvalue weighted by molar-refractivity contribution is -0.141. The summed E-state index contributed by atoms with van der Waals surface area (Å²) >= 11 is 0. The molecule has 0 amide bonds. The van der Waals surface area contributed by atoms with Gasteiger partial charge in [-0.15, -0.1) is 0 Å². The Hall–Kier alpha value is -2.51. The summed E-state index contributed by atoms with van der Waals surface area (Å²) in [4.78, 5) is 4.19. The number of hydrogen-bond acceptors (Lipinski definition) is 4. The van der Waals surface area contributed by atoms with Crippen LogP contribution < -0.4 is 9.47 Å². The van der Waals surface area contributed by atoms with Gasteiger partial charge in [0.2, 0.25) is 17.6 Å². The largest absolute Gasteiger partial charge is 0.444 e. The molecule has 5 nitrogen and oxygen atoms in total.